The quantitative estimate of drug-likeness (QED) is 0.838. The molecule has 0 bridgehead atoms. The van der Waals surface area contributed by atoms with Crippen LogP contribution in [0.4, 0.5) is 11.6 Å². The van der Waals surface area contributed by atoms with Gasteiger partial charge in [-0.15, -0.1) is 0 Å². The van der Waals surface area contributed by atoms with Gasteiger partial charge in [-0.05, 0) is 33.6 Å². The molecule has 1 aliphatic rings. The maximum atomic E-state index is 12.2. The first kappa shape index (κ1) is 15.5. The van der Waals surface area contributed by atoms with Crippen LogP contribution in [-0.2, 0) is 4.79 Å². The minimum Gasteiger partial charge on any atom is -0.373 e. The monoisotopic (exact) mass is 291 g/mol. The van der Waals surface area contributed by atoms with Crippen LogP contribution < -0.4 is 10.6 Å². The summed E-state index contributed by atoms with van der Waals surface area (Å²) in [5, 5.41) is 6.35. The highest BCUT2D eigenvalue weighted by Gasteiger charge is 2.28. The number of hydrogen-bond donors (Lipinski definition) is 2. The van der Waals surface area contributed by atoms with E-state index in [1.54, 1.807) is 4.90 Å². The van der Waals surface area contributed by atoms with E-state index in [1.807, 2.05) is 34.9 Å². The van der Waals surface area contributed by atoms with Gasteiger partial charge in [-0.2, -0.15) is 0 Å². The van der Waals surface area contributed by atoms with E-state index >= 15 is 0 Å². The lowest BCUT2D eigenvalue weighted by Gasteiger charge is -2.22. The highest BCUT2D eigenvalue weighted by Crippen LogP contribution is 2.39. The van der Waals surface area contributed by atoms with Gasteiger partial charge < -0.3 is 15.5 Å². The molecule has 1 aromatic heterocycles. The number of amides is 1. The van der Waals surface area contributed by atoms with Crippen LogP contribution in [0.2, 0.25) is 0 Å². The molecule has 1 aliphatic carbocycles. The molecule has 0 spiro atoms. The van der Waals surface area contributed by atoms with E-state index in [2.05, 4.69) is 20.6 Å². The molecule has 0 saturated heterocycles. The Balaban J connectivity index is 2.22. The smallest absolute Gasteiger partial charge is 0.244 e. The summed E-state index contributed by atoms with van der Waals surface area (Å²) in [4.78, 5) is 23.1. The van der Waals surface area contributed by atoms with Gasteiger partial charge in [0.25, 0.3) is 0 Å². The molecule has 1 saturated carbocycles. The first-order valence-electron chi connectivity index (χ1n) is 7.55. The van der Waals surface area contributed by atoms with E-state index in [1.165, 1.54) is 0 Å². The van der Waals surface area contributed by atoms with Crippen LogP contribution in [0.5, 0.6) is 0 Å². The second kappa shape index (κ2) is 6.28. The Morgan fingerprint density at radius 1 is 1.38 bits per heavy atom. The topological polar surface area (TPSA) is 70.2 Å². The molecule has 1 atom stereocenters. The van der Waals surface area contributed by atoms with Crippen LogP contribution >= 0.6 is 0 Å². The fraction of sp³-hybridized carbons (Fsp3) is 0.667. The predicted molar refractivity (Wildman–Crippen MR) is 84.7 cm³/mol. The lowest BCUT2D eigenvalue weighted by molar-refractivity contribution is -0.130. The van der Waals surface area contributed by atoms with Gasteiger partial charge in [-0.3, -0.25) is 4.79 Å². The summed E-state index contributed by atoms with van der Waals surface area (Å²) < 4.78 is 0. The van der Waals surface area contributed by atoms with Crippen LogP contribution in [0, 0.1) is 6.92 Å². The standard InChI is InChI=1S/C15H25N5O/c1-6-20(5)15(21)10(3)17-13-9(2)12(16-4)18-14(19-13)11-7-8-11/h10-11H,6-8H2,1-5H3,(H2,16,17,18,19). The predicted octanol–water partition coefficient (Wildman–Crippen LogP) is 1.98. The molecule has 2 rings (SSSR count). The Labute approximate surface area is 126 Å². The van der Waals surface area contributed by atoms with E-state index in [4.69, 9.17) is 0 Å². The van der Waals surface area contributed by atoms with Gasteiger partial charge in [0.05, 0.1) is 0 Å². The largest absolute Gasteiger partial charge is 0.373 e. The molecule has 0 radical (unpaired) electrons. The minimum absolute atomic E-state index is 0.0643. The fourth-order valence-corrected chi connectivity index (χ4v) is 2.20. The first-order valence-corrected chi connectivity index (χ1v) is 7.55. The average molecular weight is 291 g/mol. The van der Waals surface area contributed by atoms with Crippen molar-refractivity contribution in [3.05, 3.63) is 11.4 Å². The Morgan fingerprint density at radius 3 is 2.52 bits per heavy atom. The lowest BCUT2D eigenvalue weighted by Crippen LogP contribution is -2.39. The number of nitrogens with one attached hydrogen (secondary N) is 2. The van der Waals surface area contributed by atoms with E-state index in [-0.39, 0.29) is 11.9 Å². The number of anilines is 2. The van der Waals surface area contributed by atoms with Crippen molar-refractivity contribution in [3.63, 3.8) is 0 Å². The lowest BCUT2D eigenvalue weighted by atomic mass is 10.2. The Morgan fingerprint density at radius 2 is 2.00 bits per heavy atom. The number of carbonyl (C=O) groups excluding carboxylic acids is 1. The maximum absolute atomic E-state index is 12.2. The van der Waals surface area contributed by atoms with Crippen LogP contribution in [-0.4, -0.2) is 47.5 Å². The van der Waals surface area contributed by atoms with Crippen molar-refractivity contribution in [3.8, 4) is 0 Å². The third-order valence-corrected chi connectivity index (χ3v) is 3.92. The van der Waals surface area contributed by atoms with Crippen molar-refractivity contribution in [1.29, 1.82) is 0 Å². The Bertz CT molecular complexity index is 527. The van der Waals surface area contributed by atoms with E-state index in [0.29, 0.717) is 12.5 Å². The number of rotatable bonds is 6. The van der Waals surface area contributed by atoms with Crippen molar-refractivity contribution >= 4 is 17.5 Å². The normalized spacial score (nSPS) is 15.5. The molecule has 21 heavy (non-hydrogen) atoms. The summed E-state index contributed by atoms with van der Waals surface area (Å²) in [6.07, 6.45) is 2.30. The summed E-state index contributed by atoms with van der Waals surface area (Å²) in [5.74, 6) is 2.99. The molecular weight excluding hydrogens is 266 g/mol. The van der Waals surface area contributed by atoms with Gasteiger partial charge in [-0.1, -0.05) is 0 Å². The van der Waals surface area contributed by atoms with Crippen molar-refractivity contribution in [2.45, 2.75) is 45.6 Å². The van der Waals surface area contributed by atoms with Crippen LogP contribution in [0.25, 0.3) is 0 Å². The molecule has 1 fully saturated rings. The van der Waals surface area contributed by atoms with Crippen molar-refractivity contribution in [2.75, 3.05) is 31.3 Å². The summed E-state index contributed by atoms with van der Waals surface area (Å²) in [7, 11) is 3.66. The van der Waals surface area contributed by atoms with Crippen LogP contribution in [0.3, 0.4) is 0 Å². The molecule has 6 nitrogen and oxygen atoms in total. The molecule has 1 aromatic rings. The summed E-state index contributed by atoms with van der Waals surface area (Å²) in [6.45, 7) is 6.49. The molecule has 6 heteroatoms. The third-order valence-electron chi connectivity index (χ3n) is 3.92. The SMILES string of the molecule is CCN(C)C(=O)C(C)Nc1nc(C2CC2)nc(NC)c1C. The van der Waals surface area contributed by atoms with Crippen LogP contribution in [0.1, 0.15) is 44.0 Å². The molecule has 1 amide bonds. The zero-order chi connectivity index (χ0) is 15.6. The number of likely N-dealkylation sites (N-methyl/N-ethyl adjacent to an activating group) is 1. The number of aromatic nitrogens is 2. The fourth-order valence-electron chi connectivity index (χ4n) is 2.20. The zero-order valence-corrected chi connectivity index (χ0v) is 13.5. The second-order valence-corrected chi connectivity index (χ2v) is 5.65. The van der Waals surface area contributed by atoms with Gasteiger partial charge in [0.1, 0.15) is 23.5 Å². The van der Waals surface area contributed by atoms with Gasteiger partial charge >= 0.3 is 0 Å². The summed E-state index contributed by atoms with van der Waals surface area (Å²) in [6, 6.07) is -0.305. The maximum Gasteiger partial charge on any atom is 0.244 e. The molecular formula is C15H25N5O. The van der Waals surface area contributed by atoms with Crippen molar-refractivity contribution in [1.82, 2.24) is 14.9 Å². The van der Waals surface area contributed by atoms with Gasteiger partial charge in [-0.25, -0.2) is 9.97 Å². The highest BCUT2D eigenvalue weighted by molar-refractivity contribution is 5.84. The molecule has 0 aromatic carbocycles. The average Bonchev–Trinajstić information content (AvgIpc) is 3.32. The Kier molecular flexibility index (Phi) is 4.65. The summed E-state index contributed by atoms with van der Waals surface area (Å²) >= 11 is 0. The highest BCUT2D eigenvalue weighted by atomic mass is 16.2. The Hall–Kier alpha value is -1.85. The van der Waals surface area contributed by atoms with Gasteiger partial charge in [0, 0.05) is 32.1 Å². The molecule has 0 aliphatic heterocycles. The van der Waals surface area contributed by atoms with Crippen molar-refractivity contribution in [2.24, 2.45) is 0 Å². The number of carbonyl (C=O) groups is 1. The molecule has 2 N–H and O–H groups in total. The van der Waals surface area contributed by atoms with E-state index in [0.717, 1.165) is 35.9 Å². The second-order valence-electron chi connectivity index (χ2n) is 5.65. The van der Waals surface area contributed by atoms with Gasteiger partial charge in [0.2, 0.25) is 5.91 Å². The first-order chi connectivity index (χ1) is 9.97. The van der Waals surface area contributed by atoms with Gasteiger partial charge in [0.15, 0.2) is 0 Å². The van der Waals surface area contributed by atoms with E-state index < -0.39 is 0 Å². The molecule has 1 heterocycles. The molecule has 116 valence electrons. The van der Waals surface area contributed by atoms with E-state index in [9.17, 15) is 4.79 Å². The number of hydrogen-bond acceptors (Lipinski definition) is 5. The van der Waals surface area contributed by atoms with Crippen LogP contribution in [0.15, 0.2) is 0 Å². The van der Waals surface area contributed by atoms with Crippen molar-refractivity contribution < 1.29 is 4.79 Å². The minimum atomic E-state index is -0.305. The molecule has 1 unspecified atom stereocenters. The summed E-state index contributed by atoms with van der Waals surface area (Å²) in [5.41, 5.74) is 0.945. The third kappa shape index (κ3) is 3.43. The number of nitrogens with zero attached hydrogens (tertiary/aromatic N) is 3. The zero-order valence-electron chi connectivity index (χ0n) is 13.5.